The molecule has 0 aliphatic heterocycles. The summed E-state index contributed by atoms with van der Waals surface area (Å²) < 4.78 is 5.11. The van der Waals surface area contributed by atoms with Crippen LogP contribution in [0.2, 0.25) is 0 Å². The number of esters is 1. The van der Waals surface area contributed by atoms with Gasteiger partial charge in [-0.15, -0.1) is 0 Å². The highest BCUT2D eigenvalue weighted by molar-refractivity contribution is 5.89. The van der Waals surface area contributed by atoms with Crippen LogP contribution in [0.1, 0.15) is 43.0 Å². The Hall–Kier alpha value is -1.64. The normalized spacial score (nSPS) is 9.94. The topological polar surface area (TPSA) is 43.4 Å². The van der Waals surface area contributed by atoms with Crippen LogP contribution in [-0.4, -0.2) is 18.4 Å². The number of hydrogen-bond acceptors (Lipinski definition) is 3. The summed E-state index contributed by atoms with van der Waals surface area (Å²) in [6.07, 6.45) is 3.22. The van der Waals surface area contributed by atoms with E-state index in [0.29, 0.717) is 18.6 Å². The Morgan fingerprint density at radius 3 is 2.41 bits per heavy atom. The van der Waals surface area contributed by atoms with E-state index in [1.165, 1.54) is 0 Å². The van der Waals surface area contributed by atoms with Gasteiger partial charge in [0.15, 0.2) is 0 Å². The van der Waals surface area contributed by atoms with Gasteiger partial charge in [0.05, 0.1) is 12.2 Å². The van der Waals surface area contributed by atoms with Gasteiger partial charge in [0.1, 0.15) is 5.78 Å². The van der Waals surface area contributed by atoms with Crippen molar-refractivity contribution in [2.24, 2.45) is 0 Å². The Morgan fingerprint density at radius 1 is 1.06 bits per heavy atom. The van der Waals surface area contributed by atoms with Crippen molar-refractivity contribution in [2.75, 3.05) is 6.61 Å². The minimum atomic E-state index is -0.280. The Kier molecular flexibility index (Phi) is 6.00. The van der Waals surface area contributed by atoms with Gasteiger partial charge >= 0.3 is 5.97 Å². The Morgan fingerprint density at radius 2 is 1.76 bits per heavy atom. The summed E-state index contributed by atoms with van der Waals surface area (Å²) in [5.41, 5.74) is 0.580. The number of ketones is 1. The molecule has 0 spiro atoms. The first-order valence-corrected chi connectivity index (χ1v) is 5.92. The summed E-state index contributed by atoms with van der Waals surface area (Å²) >= 11 is 0. The second kappa shape index (κ2) is 7.60. The molecule has 0 aliphatic carbocycles. The first-order valence-electron chi connectivity index (χ1n) is 5.92. The third kappa shape index (κ3) is 5.85. The second-order valence-electron chi connectivity index (χ2n) is 4.01. The highest BCUT2D eigenvalue weighted by atomic mass is 16.5. The van der Waals surface area contributed by atoms with Crippen LogP contribution in [0.5, 0.6) is 0 Å². The monoisotopic (exact) mass is 234 g/mol. The molecule has 3 nitrogen and oxygen atoms in total. The van der Waals surface area contributed by atoms with E-state index in [2.05, 4.69) is 0 Å². The molecular weight excluding hydrogens is 216 g/mol. The molecule has 0 N–H and O–H groups in total. The maximum Gasteiger partial charge on any atom is 0.338 e. The van der Waals surface area contributed by atoms with Crippen molar-refractivity contribution in [1.82, 2.24) is 0 Å². The lowest BCUT2D eigenvalue weighted by Gasteiger charge is -2.04. The molecule has 1 aromatic rings. The minimum Gasteiger partial charge on any atom is -0.462 e. The van der Waals surface area contributed by atoms with Gasteiger partial charge < -0.3 is 9.53 Å². The summed E-state index contributed by atoms with van der Waals surface area (Å²) in [6, 6.07) is 8.95. The number of unbranched alkanes of at least 4 members (excludes halogenated alkanes) is 2. The van der Waals surface area contributed by atoms with Gasteiger partial charge in [-0.1, -0.05) is 18.2 Å². The van der Waals surface area contributed by atoms with Crippen molar-refractivity contribution in [1.29, 1.82) is 0 Å². The lowest BCUT2D eigenvalue weighted by Crippen LogP contribution is -2.06. The zero-order valence-electron chi connectivity index (χ0n) is 10.1. The summed E-state index contributed by atoms with van der Waals surface area (Å²) in [4.78, 5) is 22.2. The van der Waals surface area contributed by atoms with Gasteiger partial charge in [-0.2, -0.15) is 0 Å². The van der Waals surface area contributed by atoms with E-state index in [1.54, 1.807) is 19.1 Å². The molecular formula is C14H18O3. The van der Waals surface area contributed by atoms with E-state index in [0.717, 1.165) is 19.3 Å². The molecule has 0 bridgehead atoms. The van der Waals surface area contributed by atoms with E-state index in [1.807, 2.05) is 18.2 Å². The SMILES string of the molecule is CC(=O)CCCCCOC(=O)c1ccccc1. The summed E-state index contributed by atoms with van der Waals surface area (Å²) in [5, 5.41) is 0. The van der Waals surface area contributed by atoms with Crippen LogP contribution >= 0.6 is 0 Å². The maximum absolute atomic E-state index is 11.5. The van der Waals surface area contributed by atoms with E-state index < -0.39 is 0 Å². The summed E-state index contributed by atoms with van der Waals surface area (Å²) in [5.74, 6) is -0.0663. The predicted octanol–water partition coefficient (Wildman–Crippen LogP) is 2.99. The molecule has 0 aromatic heterocycles. The molecule has 1 aromatic carbocycles. The lowest BCUT2D eigenvalue weighted by atomic mass is 10.1. The van der Waals surface area contributed by atoms with Gasteiger partial charge in [-0.05, 0) is 38.3 Å². The fourth-order valence-corrected chi connectivity index (χ4v) is 1.48. The molecule has 0 saturated heterocycles. The van der Waals surface area contributed by atoms with Crippen molar-refractivity contribution in [3.8, 4) is 0 Å². The summed E-state index contributed by atoms with van der Waals surface area (Å²) in [7, 11) is 0. The fraction of sp³-hybridized carbons (Fsp3) is 0.429. The molecule has 0 radical (unpaired) electrons. The summed E-state index contributed by atoms with van der Waals surface area (Å²) in [6.45, 7) is 2.01. The van der Waals surface area contributed by atoms with Gasteiger partial charge in [-0.3, -0.25) is 0 Å². The largest absolute Gasteiger partial charge is 0.462 e. The Labute approximate surface area is 102 Å². The van der Waals surface area contributed by atoms with E-state index in [9.17, 15) is 9.59 Å². The third-order valence-corrected chi connectivity index (χ3v) is 2.42. The number of carbonyl (C=O) groups excluding carboxylic acids is 2. The molecule has 0 atom stereocenters. The average molecular weight is 234 g/mol. The van der Waals surface area contributed by atoms with Crippen LogP contribution in [0.3, 0.4) is 0 Å². The van der Waals surface area contributed by atoms with Gasteiger partial charge in [0.2, 0.25) is 0 Å². The van der Waals surface area contributed by atoms with Crippen LogP contribution < -0.4 is 0 Å². The van der Waals surface area contributed by atoms with Crippen LogP contribution in [0.25, 0.3) is 0 Å². The molecule has 0 amide bonds. The van der Waals surface area contributed by atoms with E-state index >= 15 is 0 Å². The molecule has 3 heteroatoms. The van der Waals surface area contributed by atoms with Gasteiger partial charge in [0.25, 0.3) is 0 Å². The fourth-order valence-electron chi connectivity index (χ4n) is 1.48. The van der Waals surface area contributed by atoms with Gasteiger partial charge in [0, 0.05) is 6.42 Å². The molecule has 0 aliphatic rings. The molecule has 92 valence electrons. The number of ether oxygens (including phenoxy) is 1. The van der Waals surface area contributed by atoms with Crippen LogP contribution in [-0.2, 0) is 9.53 Å². The number of rotatable bonds is 7. The maximum atomic E-state index is 11.5. The molecule has 1 rings (SSSR count). The quantitative estimate of drug-likeness (QED) is 0.538. The van der Waals surface area contributed by atoms with E-state index in [4.69, 9.17) is 4.74 Å². The molecule has 0 saturated carbocycles. The second-order valence-corrected chi connectivity index (χ2v) is 4.01. The molecule has 0 heterocycles. The van der Waals surface area contributed by atoms with Crippen molar-refractivity contribution < 1.29 is 14.3 Å². The van der Waals surface area contributed by atoms with Crippen LogP contribution in [0, 0.1) is 0 Å². The number of Topliss-reactive ketones (excluding diaryl/α,β-unsaturated/α-hetero) is 1. The Bertz CT molecular complexity index is 357. The van der Waals surface area contributed by atoms with Crippen LogP contribution in [0.15, 0.2) is 30.3 Å². The lowest BCUT2D eigenvalue weighted by molar-refractivity contribution is -0.117. The highest BCUT2D eigenvalue weighted by Crippen LogP contribution is 2.04. The number of benzene rings is 1. The first kappa shape index (κ1) is 13.4. The van der Waals surface area contributed by atoms with Crippen molar-refractivity contribution in [2.45, 2.75) is 32.6 Å². The third-order valence-electron chi connectivity index (χ3n) is 2.42. The van der Waals surface area contributed by atoms with Crippen molar-refractivity contribution in [3.63, 3.8) is 0 Å². The van der Waals surface area contributed by atoms with Crippen LogP contribution in [0.4, 0.5) is 0 Å². The predicted molar refractivity (Wildman–Crippen MR) is 65.9 cm³/mol. The number of hydrogen-bond donors (Lipinski definition) is 0. The van der Waals surface area contributed by atoms with Crippen molar-refractivity contribution in [3.05, 3.63) is 35.9 Å². The number of carbonyl (C=O) groups is 2. The first-order chi connectivity index (χ1) is 8.20. The standard InChI is InChI=1S/C14H18O3/c1-12(15)8-4-3-7-11-17-14(16)13-9-5-2-6-10-13/h2,5-6,9-10H,3-4,7-8,11H2,1H3. The van der Waals surface area contributed by atoms with Crippen molar-refractivity contribution >= 4 is 11.8 Å². The minimum absolute atomic E-state index is 0.214. The zero-order valence-corrected chi connectivity index (χ0v) is 10.1. The van der Waals surface area contributed by atoms with Gasteiger partial charge in [-0.25, -0.2) is 4.79 Å². The molecule has 0 fully saturated rings. The van der Waals surface area contributed by atoms with E-state index in [-0.39, 0.29) is 11.8 Å². The Balaban J connectivity index is 2.11. The zero-order chi connectivity index (χ0) is 12.5. The highest BCUT2D eigenvalue weighted by Gasteiger charge is 2.04. The molecule has 17 heavy (non-hydrogen) atoms. The smallest absolute Gasteiger partial charge is 0.338 e. The average Bonchev–Trinajstić information content (AvgIpc) is 2.34. The molecule has 0 unspecified atom stereocenters.